The topological polar surface area (TPSA) is 134 Å². The zero-order valence-electron chi connectivity index (χ0n) is 20.6. The Morgan fingerprint density at radius 2 is 1.89 bits per heavy atom. The van der Waals surface area contributed by atoms with Gasteiger partial charge in [-0.1, -0.05) is 13.8 Å². The van der Waals surface area contributed by atoms with Crippen molar-refractivity contribution in [3.63, 3.8) is 0 Å². The quantitative estimate of drug-likeness (QED) is 0.196. The molecule has 8 atom stereocenters. The number of hydrogen-bond donors (Lipinski definition) is 1. The van der Waals surface area contributed by atoms with E-state index in [9.17, 15) is 25.2 Å². The summed E-state index contributed by atoms with van der Waals surface area (Å²) in [6, 6.07) is 0. The number of esters is 1. The van der Waals surface area contributed by atoms with E-state index in [0.717, 1.165) is 37.7 Å². The van der Waals surface area contributed by atoms with Gasteiger partial charge in [-0.3, -0.25) is 5.21 Å². The lowest BCUT2D eigenvalue weighted by Crippen LogP contribution is -2.66. The van der Waals surface area contributed by atoms with Crippen molar-refractivity contribution in [2.75, 3.05) is 13.2 Å². The van der Waals surface area contributed by atoms with Crippen LogP contribution in [0.5, 0.6) is 0 Å². The van der Waals surface area contributed by atoms with Gasteiger partial charge in [0.1, 0.15) is 12.7 Å². The average molecular weight is 493 g/mol. The number of hydrogen-bond acceptors (Lipinski definition) is 8. The van der Waals surface area contributed by atoms with Crippen LogP contribution in [0, 0.1) is 49.3 Å². The van der Waals surface area contributed by atoms with Gasteiger partial charge in [-0.05, 0) is 91.9 Å². The first kappa shape index (κ1) is 24.3. The van der Waals surface area contributed by atoms with E-state index in [1.807, 2.05) is 0 Å². The van der Waals surface area contributed by atoms with Gasteiger partial charge in [0, 0.05) is 16.4 Å². The molecule has 1 N–H and O–H groups in total. The minimum Gasteiger partial charge on any atom is -0.458 e. The molecule has 0 spiro atoms. The fourth-order valence-electron chi connectivity index (χ4n) is 9.28. The highest BCUT2D eigenvalue weighted by atomic mass is 17.0. The maximum absolute atomic E-state index is 12.4. The van der Waals surface area contributed by atoms with Crippen LogP contribution in [-0.4, -0.2) is 52.7 Å². The first-order valence-electron chi connectivity index (χ1n) is 12.8. The van der Waals surface area contributed by atoms with Gasteiger partial charge in [-0.15, -0.1) is 10.1 Å². The summed E-state index contributed by atoms with van der Waals surface area (Å²) in [5, 5.41) is 34.5. The second-order valence-corrected chi connectivity index (χ2v) is 12.1. The van der Waals surface area contributed by atoms with Gasteiger partial charge < -0.3 is 19.5 Å². The van der Waals surface area contributed by atoms with Crippen molar-refractivity contribution in [3.8, 4) is 0 Å². The van der Waals surface area contributed by atoms with Crippen molar-refractivity contribution >= 4 is 12.7 Å². The zero-order chi connectivity index (χ0) is 25.2. The highest BCUT2D eigenvalue weighted by Crippen LogP contribution is 2.72. The zero-order valence-corrected chi connectivity index (χ0v) is 20.6. The number of fused-ring (bicyclic) bond motifs is 5. The minimum atomic E-state index is -0.906. The fourth-order valence-corrected chi connectivity index (χ4v) is 9.28. The third kappa shape index (κ3) is 3.46. The molecule has 0 aromatic carbocycles. The summed E-state index contributed by atoms with van der Waals surface area (Å²) in [4.78, 5) is 33.6. The van der Waals surface area contributed by atoms with Crippen LogP contribution in [0.3, 0.4) is 0 Å². The molecule has 194 valence electrons. The summed E-state index contributed by atoms with van der Waals surface area (Å²) < 4.78 is 5.20. The van der Waals surface area contributed by atoms with Crippen LogP contribution in [0.2, 0.25) is 0 Å². The van der Waals surface area contributed by atoms with E-state index in [-0.39, 0.29) is 46.1 Å². The molecule has 6 unspecified atom stereocenters. The number of rotatable bonds is 6. The number of ether oxygens (including phenoxy) is 1. The second-order valence-electron chi connectivity index (χ2n) is 12.1. The molecule has 35 heavy (non-hydrogen) atoms. The first-order valence-corrected chi connectivity index (χ1v) is 12.8. The molecule has 0 aromatic rings. The fraction of sp³-hybridized carbons (Fsp3) is 0.840. The lowest BCUT2D eigenvalue weighted by Gasteiger charge is -2.68. The molecule has 4 saturated carbocycles. The standard InChI is InChI=1S/C25H36N2O8/c1-22-8-5-20-19(24(22,15-34-26(3)30)10-4-17(13-22)35-27(31)32)6-9-23(2)18(7-11-25(20,23)29)16-12-21(28)33-14-16/h12,17-20,29H,3-11,13-15H2,1-2H3/t17?,18?,19-,20+,22?,23?,24?,25?/m0/s1. The van der Waals surface area contributed by atoms with E-state index < -0.39 is 22.2 Å². The Kier molecular flexibility index (Phi) is 5.62. The normalized spacial score (nSPS) is 46.5. The van der Waals surface area contributed by atoms with E-state index in [1.54, 1.807) is 6.08 Å². The van der Waals surface area contributed by atoms with Crippen LogP contribution < -0.4 is 0 Å². The van der Waals surface area contributed by atoms with Gasteiger partial charge in [0.05, 0.1) is 12.2 Å². The third-order valence-corrected chi connectivity index (χ3v) is 11.0. The summed E-state index contributed by atoms with van der Waals surface area (Å²) in [6.07, 6.45) is 7.45. The lowest BCUT2D eigenvalue weighted by atomic mass is 9.39. The summed E-state index contributed by atoms with van der Waals surface area (Å²) >= 11 is 0. The van der Waals surface area contributed by atoms with Gasteiger partial charge in [0.2, 0.25) is 0 Å². The molecule has 1 heterocycles. The Morgan fingerprint density at radius 1 is 1.14 bits per heavy atom. The average Bonchev–Trinajstić information content (AvgIpc) is 3.31. The molecule has 0 aromatic heterocycles. The third-order valence-electron chi connectivity index (χ3n) is 11.0. The number of aliphatic hydroxyl groups is 1. The van der Waals surface area contributed by atoms with Crippen molar-refractivity contribution in [3.05, 3.63) is 27.0 Å². The summed E-state index contributed by atoms with van der Waals surface area (Å²) in [5.74, 6) is -0.0904. The van der Waals surface area contributed by atoms with E-state index in [0.29, 0.717) is 32.3 Å². The molecule has 1 aliphatic heterocycles. The van der Waals surface area contributed by atoms with Crippen LogP contribution in [0.1, 0.15) is 71.6 Å². The number of cyclic esters (lactones) is 1. The van der Waals surface area contributed by atoms with Gasteiger partial charge in [0.15, 0.2) is 6.72 Å². The van der Waals surface area contributed by atoms with E-state index >= 15 is 0 Å². The summed E-state index contributed by atoms with van der Waals surface area (Å²) in [7, 11) is 0. The Hall–Kier alpha value is -2.36. The van der Waals surface area contributed by atoms with Crippen LogP contribution >= 0.6 is 0 Å². The predicted octanol–water partition coefficient (Wildman–Crippen LogP) is 3.33. The van der Waals surface area contributed by atoms with Gasteiger partial charge >= 0.3 is 5.97 Å². The molecule has 4 fully saturated rings. The highest BCUT2D eigenvalue weighted by molar-refractivity contribution is 5.85. The second kappa shape index (κ2) is 8.08. The van der Waals surface area contributed by atoms with E-state index in [2.05, 4.69) is 20.6 Å². The largest absolute Gasteiger partial charge is 0.458 e. The van der Waals surface area contributed by atoms with Crippen molar-refractivity contribution in [1.82, 2.24) is 0 Å². The minimum absolute atomic E-state index is 0.0134. The first-order chi connectivity index (χ1) is 16.4. The van der Waals surface area contributed by atoms with Crippen LogP contribution in [-0.2, 0) is 19.2 Å². The number of nitrogens with zero attached hydrogens (tertiary/aromatic N) is 2. The van der Waals surface area contributed by atoms with Crippen molar-refractivity contribution in [1.29, 1.82) is 0 Å². The molecule has 0 bridgehead atoms. The molecule has 5 rings (SSSR count). The molecule has 0 amide bonds. The smallest absolute Gasteiger partial charge is 0.331 e. The van der Waals surface area contributed by atoms with Crippen LogP contribution in [0.4, 0.5) is 0 Å². The molecular weight excluding hydrogens is 456 g/mol. The molecule has 0 saturated heterocycles. The Labute approximate surface area is 204 Å². The Bertz CT molecular complexity index is 969. The monoisotopic (exact) mass is 492 g/mol. The summed E-state index contributed by atoms with van der Waals surface area (Å²) in [5.41, 5.74) is -1.04. The highest BCUT2D eigenvalue weighted by Gasteiger charge is 2.70. The Morgan fingerprint density at radius 3 is 2.54 bits per heavy atom. The molecule has 10 nitrogen and oxygen atoms in total. The van der Waals surface area contributed by atoms with Crippen LogP contribution in [0.15, 0.2) is 11.6 Å². The maximum atomic E-state index is 12.4. The summed E-state index contributed by atoms with van der Waals surface area (Å²) in [6.45, 7) is 8.11. The molecule has 0 radical (unpaired) electrons. The van der Waals surface area contributed by atoms with Gasteiger partial charge in [-0.25, -0.2) is 4.79 Å². The maximum Gasteiger partial charge on any atom is 0.331 e. The van der Waals surface area contributed by atoms with Gasteiger partial charge in [0.25, 0.3) is 5.09 Å². The molecular formula is C25H36N2O8. The SMILES string of the molecule is C=[N+]([O-])OCC12CCC(O[N+](=O)[O-])CC1(C)CC[C@@H]1[C@@H]2CCC2(C)C(C3=CC(=O)OC3)CCC12O. The van der Waals surface area contributed by atoms with Crippen molar-refractivity contribution < 1.29 is 34.3 Å². The van der Waals surface area contributed by atoms with Crippen LogP contribution in [0.25, 0.3) is 0 Å². The van der Waals surface area contributed by atoms with Crippen molar-refractivity contribution in [2.45, 2.75) is 83.3 Å². The Balaban J connectivity index is 1.48. The molecule has 5 aliphatic rings. The van der Waals surface area contributed by atoms with E-state index in [4.69, 9.17) is 14.4 Å². The number of carbonyl (C=O) groups is 1. The van der Waals surface area contributed by atoms with Gasteiger partial charge in [-0.2, -0.15) is 0 Å². The molecule has 10 heteroatoms. The van der Waals surface area contributed by atoms with Crippen molar-refractivity contribution in [2.24, 2.45) is 34.0 Å². The molecule has 4 aliphatic carbocycles. The predicted molar refractivity (Wildman–Crippen MR) is 123 cm³/mol. The number of carbonyl (C=O) groups excluding carboxylic acids is 1. The van der Waals surface area contributed by atoms with E-state index in [1.165, 1.54) is 0 Å². The lowest BCUT2D eigenvalue weighted by molar-refractivity contribution is -0.770.